The topological polar surface area (TPSA) is 72.2 Å². The van der Waals surface area contributed by atoms with Crippen molar-refractivity contribution < 1.29 is 12.8 Å². The van der Waals surface area contributed by atoms with E-state index in [1.807, 2.05) is 20.8 Å². The number of aromatic nitrogens is 1. The van der Waals surface area contributed by atoms with Crippen LogP contribution in [0, 0.1) is 0 Å². The monoisotopic (exact) mass is 364 g/mol. The predicted molar refractivity (Wildman–Crippen MR) is 95.0 cm³/mol. The van der Waals surface area contributed by atoms with Gasteiger partial charge in [0.25, 0.3) is 10.0 Å². The van der Waals surface area contributed by atoms with Crippen molar-refractivity contribution in [2.45, 2.75) is 31.1 Å². The quantitative estimate of drug-likeness (QED) is 0.738. The SMILES string of the molecule is CC(C)(C)c1nc2cc(NS(=O)(=O)c3ccc(Cl)cc3)ccc2o1. The van der Waals surface area contributed by atoms with Gasteiger partial charge >= 0.3 is 0 Å². The molecular formula is C17H17ClN2O3S. The molecule has 1 N–H and O–H groups in total. The van der Waals surface area contributed by atoms with Crippen LogP contribution in [0.5, 0.6) is 0 Å². The number of halogens is 1. The van der Waals surface area contributed by atoms with E-state index in [0.29, 0.717) is 27.7 Å². The van der Waals surface area contributed by atoms with Crippen LogP contribution in [0.3, 0.4) is 0 Å². The van der Waals surface area contributed by atoms with Gasteiger partial charge in [-0.15, -0.1) is 0 Å². The average molecular weight is 365 g/mol. The summed E-state index contributed by atoms with van der Waals surface area (Å²) < 4.78 is 33.1. The summed E-state index contributed by atoms with van der Waals surface area (Å²) in [6.07, 6.45) is 0. The van der Waals surface area contributed by atoms with E-state index in [4.69, 9.17) is 16.0 Å². The van der Waals surface area contributed by atoms with Crippen molar-refractivity contribution in [2.24, 2.45) is 0 Å². The van der Waals surface area contributed by atoms with Gasteiger partial charge in [0, 0.05) is 10.4 Å². The summed E-state index contributed by atoms with van der Waals surface area (Å²) in [6, 6.07) is 11.0. The minimum absolute atomic E-state index is 0.141. The Kier molecular flexibility index (Phi) is 4.05. The Hall–Kier alpha value is -2.05. The molecule has 2 aromatic carbocycles. The highest BCUT2D eigenvalue weighted by Crippen LogP contribution is 2.28. The van der Waals surface area contributed by atoms with Gasteiger partial charge in [-0.3, -0.25) is 4.72 Å². The summed E-state index contributed by atoms with van der Waals surface area (Å²) in [5, 5.41) is 0.479. The molecule has 5 nitrogen and oxygen atoms in total. The lowest BCUT2D eigenvalue weighted by molar-refractivity contribution is 0.411. The molecule has 0 radical (unpaired) electrons. The average Bonchev–Trinajstić information content (AvgIpc) is 2.90. The highest BCUT2D eigenvalue weighted by Gasteiger charge is 2.21. The zero-order chi connectivity index (χ0) is 17.5. The summed E-state index contributed by atoms with van der Waals surface area (Å²) in [5.41, 5.74) is 1.43. The number of hydrogen-bond acceptors (Lipinski definition) is 4. The Morgan fingerprint density at radius 2 is 1.75 bits per heavy atom. The molecule has 0 saturated heterocycles. The van der Waals surface area contributed by atoms with E-state index in [2.05, 4.69) is 9.71 Å². The van der Waals surface area contributed by atoms with Gasteiger partial charge in [0.05, 0.1) is 10.6 Å². The Labute approximate surface area is 145 Å². The molecule has 1 aromatic heterocycles. The van der Waals surface area contributed by atoms with E-state index in [1.54, 1.807) is 18.2 Å². The van der Waals surface area contributed by atoms with E-state index in [1.165, 1.54) is 24.3 Å². The van der Waals surface area contributed by atoms with E-state index in [9.17, 15) is 8.42 Å². The fourth-order valence-electron chi connectivity index (χ4n) is 2.14. The van der Waals surface area contributed by atoms with Crippen molar-refractivity contribution in [3.63, 3.8) is 0 Å². The number of nitrogens with zero attached hydrogens (tertiary/aromatic N) is 1. The van der Waals surface area contributed by atoms with Crippen LogP contribution in [-0.4, -0.2) is 13.4 Å². The first-order chi connectivity index (χ1) is 11.1. The Morgan fingerprint density at radius 1 is 1.08 bits per heavy atom. The predicted octanol–water partition coefficient (Wildman–Crippen LogP) is 4.58. The van der Waals surface area contributed by atoms with Crippen molar-refractivity contribution in [1.29, 1.82) is 0 Å². The summed E-state index contributed by atoms with van der Waals surface area (Å²) >= 11 is 5.79. The summed E-state index contributed by atoms with van der Waals surface area (Å²) in [5.74, 6) is 0.607. The number of anilines is 1. The summed E-state index contributed by atoms with van der Waals surface area (Å²) in [4.78, 5) is 4.58. The number of sulfonamides is 1. The molecule has 24 heavy (non-hydrogen) atoms. The van der Waals surface area contributed by atoms with Crippen molar-refractivity contribution in [3.05, 3.63) is 53.4 Å². The van der Waals surface area contributed by atoms with Gasteiger partial charge < -0.3 is 4.42 Å². The normalized spacial score (nSPS) is 12.5. The summed E-state index contributed by atoms with van der Waals surface area (Å²) in [7, 11) is -3.69. The van der Waals surface area contributed by atoms with E-state index in [0.717, 1.165) is 0 Å². The molecule has 1 heterocycles. The molecule has 0 fully saturated rings. The molecule has 0 amide bonds. The van der Waals surface area contributed by atoms with Crippen molar-refractivity contribution >= 4 is 38.4 Å². The fourth-order valence-corrected chi connectivity index (χ4v) is 3.32. The van der Waals surface area contributed by atoms with Gasteiger partial charge in [0.1, 0.15) is 5.52 Å². The molecule has 0 aliphatic carbocycles. The van der Waals surface area contributed by atoms with Crippen molar-refractivity contribution in [1.82, 2.24) is 4.98 Å². The van der Waals surface area contributed by atoms with E-state index < -0.39 is 10.0 Å². The van der Waals surface area contributed by atoms with Crippen LogP contribution in [-0.2, 0) is 15.4 Å². The van der Waals surface area contributed by atoms with Crippen molar-refractivity contribution in [2.75, 3.05) is 4.72 Å². The lowest BCUT2D eigenvalue weighted by atomic mass is 9.97. The second-order valence-electron chi connectivity index (χ2n) is 6.51. The molecule has 0 atom stereocenters. The third-order valence-electron chi connectivity index (χ3n) is 3.41. The van der Waals surface area contributed by atoms with Gasteiger partial charge in [0.15, 0.2) is 5.58 Å². The van der Waals surface area contributed by atoms with Gasteiger partial charge in [-0.05, 0) is 42.5 Å². The van der Waals surface area contributed by atoms with Crippen LogP contribution in [0.15, 0.2) is 51.8 Å². The summed E-state index contributed by atoms with van der Waals surface area (Å²) in [6.45, 7) is 6.01. The van der Waals surface area contributed by atoms with Gasteiger partial charge in [-0.1, -0.05) is 32.4 Å². The lowest BCUT2D eigenvalue weighted by Crippen LogP contribution is -2.12. The van der Waals surface area contributed by atoms with E-state index >= 15 is 0 Å². The highest BCUT2D eigenvalue weighted by molar-refractivity contribution is 7.92. The maximum Gasteiger partial charge on any atom is 0.261 e. The minimum atomic E-state index is -3.69. The molecule has 0 saturated carbocycles. The molecule has 3 rings (SSSR count). The first kappa shape index (κ1) is 16.8. The van der Waals surface area contributed by atoms with Gasteiger partial charge in [-0.2, -0.15) is 0 Å². The molecular weight excluding hydrogens is 348 g/mol. The van der Waals surface area contributed by atoms with Crippen LogP contribution in [0.2, 0.25) is 5.02 Å². The third kappa shape index (κ3) is 3.39. The minimum Gasteiger partial charge on any atom is -0.440 e. The van der Waals surface area contributed by atoms with Crippen LogP contribution < -0.4 is 4.72 Å². The Morgan fingerprint density at radius 3 is 2.38 bits per heavy atom. The number of nitrogens with one attached hydrogen (secondary N) is 1. The first-order valence-corrected chi connectivity index (χ1v) is 9.21. The lowest BCUT2D eigenvalue weighted by Gasteiger charge is -2.11. The smallest absolute Gasteiger partial charge is 0.261 e. The maximum absolute atomic E-state index is 12.4. The molecule has 0 bridgehead atoms. The number of rotatable bonds is 3. The molecule has 0 spiro atoms. The molecule has 7 heteroatoms. The third-order valence-corrected chi connectivity index (χ3v) is 5.05. The molecule has 0 unspecified atom stereocenters. The number of benzene rings is 2. The Bertz CT molecular complexity index is 987. The van der Waals surface area contributed by atoms with Crippen LogP contribution in [0.4, 0.5) is 5.69 Å². The molecule has 0 aliphatic heterocycles. The van der Waals surface area contributed by atoms with Gasteiger partial charge in [0.2, 0.25) is 5.89 Å². The van der Waals surface area contributed by atoms with Gasteiger partial charge in [-0.25, -0.2) is 13.4 Å². The first-order valence-electron chi connectivity index (χ1n) is 7.35. The second-order valence-corrected chi connectivity index (χ2v) is 8.63. The van der Waals surface area contributed by atoms with E-state index in [-0.39, 0.29) is 10.3 Å². The maximum atomic E-state index is 12.4. The zero-order valence-corrected chi connectivity index (χ0v) is 15.1. The fraction of sp³-hybridized carbons (Fsp3) is 0.235. The second kappa shape index (κ2) is 5.79. The van der Waals surface area contributed by atoms with Crippen LogP contribution in [0.25, 0.3) is 11.1 Å². The van der Waals surface area contributed by atoms with Crippen LogP contribution >= 0.6 is 11.6 Å². The molecule has 126 valence electrons. The molecule has 3 aromatic rings. The Balaban J connectivity index is 1.93. The highest BCUT2D eigenvalue weighted by atomic mass is 35.5. The number of fused-ring (bicyclic) bond motifs is 1. The standard InChI is InChI=1S/C17H17ClN2O3S/c1-17(2,3)16-19-14-10-12(6-9-15(14)23-16)20-24(21,22)13-7-4-11(18)5-8-13/h4-10,20H,1-3H3. The number of oxazole rings is 1. The van der Waals surface area contributed by atoms with Crippen LogP contribution in [0.1, 0.15) is 26.7 Å². The largest absolute Gasteiger partial charge is 0.440 e. The number of hydrogen-bond donors (Lipinski definition) is 1. The molecule has 0 aliphatic rings. The van der Waals surface area contributed by atoms with Crippen molar-refractivity contribution in [3.8, 4) is 0 Å². The zero-order valence-electron chi connectivity index (χ0n) is 13.5.